The van der Waals surface area contributed by atoms with Crippen LogP contribution in [-0.4, -0.2) is 18.0 Å². The van der Waals surface area contributed by atoms with Crippen LogP contribution < -0.4 is 9.64 Å². The molecule has 0 N–H and O–H groups in total. The molecule has 0 aliphatic carbocycles. The molecule has 1 aliphatic rings. The average Bonchev–Trinajstić information content (AvgIpc) is 3.03. The second kappa shape index (κ2) is 5.83. The molecule has 0 radical (unpaired) electrons. The van der Waals surface area contributed by atoms with Gasteiger partial charge in [0.05, 0.1) is 4.92 Å². The molecule has 2 aromatic rings. The van der Waals surface area contributed by atoms with Crippen LogP contribution in [0.1, 0.15) is 12.8 Å². The van der Waals surface area contributed by atoms with Gasteiger partial charge in [0, 0.05) is 30.9 Å². The lowest BCUT2D eigenvalue weighted by molar-refractivity contribution is -0.384. The summed E-state index contributed by atoms with van der Waals surface area (Å²) in [5.41, 5.74) is 1.27. The second-order valence-corrected chi connectivity index (χ2v) is 5.04. The van der Waals surface area contributed by atoms with Gasteiger partial charge in [-0.25, -0.2) is 0 Å². The Morgan fingerprint density at radius 3 is 1.95 bits per heavy atom. The van der Waals surface area contributed by atoms with E-state index in [0.717, 1.165) is 18.8 Å². The van der Waals surface area contributed by atoms with E-state index in [1.165, 1.54) is 30.7 Å². The number of nitro benzene ring substituents is 1. The fourth-order valence-corrected chi connectivity index (χ4v) is 2.47. The van der Waals surface area contributed by atoms with Crippen molar-refractivity contribution in [3.8, 4) is 11.5 Å². The van der Waals surface area contributed by atoms with E-state index in [2.05, 4.69) is 4.90 Å². The van der Waals surface area contributed by atoms with Gasteiger partial charge in [-0.1, -0.05) is 0 Å². The monoisotopic (exact) mass is 284 g/mol. The molecule has 0 amide bonds. The van der Waals surface area contributed by atoms with Crippen molar-refractivity contribution >= 4 is 11.4 Å². The number of hydrogen-bond donors (Lipinski definition) is 0. The molecule has 0 aromatic heterocycles. The molecule has 3 rings (SSSR count). The van der Waals surface area contributed by atoms with Crippen LogP contribution in [0.5, 0.6) is 11.5 Å². The maximum absolute atomic E-state index is 10.6. The number of non-ortho nitro benzene ring substituents is 1. The number of rotatable bonds is 4. The van der Waals surface area contributed by atoms with Crippen LogP contribution in [-0.2, 0) is 0 Å². The number of ether oxygens (including phenoxy) is 1. The summed E-state index contributed by atoms with van der Waals surface area (Å²) < 4.78 is 5.69. The molecule has 0 saturated carbocycles. The van der Waals surface area contributed by atoms with Gasteiger partial charge in [0.25, 0.3) is 5.69 Å². The maximum Gasteiger partial charge on any atom is 0.269 e. The molecule has 0 atom stereocenters. The smallest absolute Gasteiger partial charge is 0.269 e. The number of nitrogens with zero attached hydrogens (tertiary/aromatic N) is 2. The van der Waals surface area contributed by atoms with Crippen LogP contribution in [0.3, 0.4) is 0 Å². The number of hydrogen-bond acceptors (Lipinski definition) is 4. The molecule has 108 valence electrons. The van der Waals surface area contributed by atoms with Gasteiger partial charge in [-0.05, 0) is 49.2 Å². The van der Waals surface area contributed by atoms with Crippen molar-refractivity contribution in [2.75, 3.05) is 18.0 Å². The summed E-state index contributed by atoms with van der Waals surface area (Å²) in [4.78, 5) is 12.5. The maximum atomic E-state index is 10.6. The highest BCUT2D eigenvalue weighted by atomic mass is 16.6. The summed E-state index contributed by atoms with van der Waals surface area (Å²) in [5.74, 6) is 1.32. The van der Waals surface area contributed by atoms with Crippen molar-refractivity contribution in [1.82, 2.24) is 0 Å². The first-order valence-corrected chi connectivity index (χ1v) is 7.00. The van der Waals surface area contributed by atoms with Crippen molar-refractivity contribution in [2.24, 2.45) is 0 Å². The molecule has 1 fully saturated rings. The van der Waals surface area contributed by atoms with Gasteiger partial charge in [0.15, 0.2) is 0 Å². The summed E-state index contributed by atoms with van der Waals surface area (Å²) in [6.07, 6.45) is 2.50. The number of nitro groups is 1. The second-order valence-electron chi connectivity index (χ2n) is 5.04. The van der Waals surface area contributed by atoms with Crippen molar-refractivity contribution in [3.63, 3.8) is 0 Å². The third-order valence-corrected chi connectivity index (χ3v) is 3.59. The standard InChI is InChI=1S/C16H16N2O3/c19-18(20)14-5-9-16(10-6-14)21-15-7-3-13(4-8-15)17-11-1-2-12-17/h3-10H,1-2,11-12H2. The van der Waals surface area contributed by atoms with E-state index in [-0.39, 0.29) is 5.69 Å². The van der Waals surface area contributed by atoms with Crippen molar-refractivity contribution in [2.45, 2.75) is 12.8 Å². The van der Waals surface area contributed by atoms with E-state index >= 15 is 0 Å². The van der Waals surface area contributed by atoms with Gasteiger partial charge in [-0.2, -0.15) is 0 Å². The third kappa shape index (κ3) is 3.13. The first-order valence-electron chi connectivity index (χ1n) is 7.00. The Morgan fingerprint density at radius 1 is 0.905 bits per heavy atom. The minimum Gasteiger partial charge on any atom is -0.457 e. The highest BCUT2D eigenvalue weighted by Gasteiger charge is 2.12. The lowest BCUT2D eigenvalue weighted by Crippen LogP contribution is -2.17. The predicted molar refractivity (Wildman–Crippen MR) is 81.1 cm³/mol. The molecule has 0 spiro atoms. The fourth-order valence-electron chi connectivity index (χ4n) is 2.47. The van der Waals surface area contributed by atoms with E-state index in [4.69, 9.17) is 4.74 Å². The van der Waals surface area contributed by atoms with Gasteiger partial charge < -0.3 is 9.64 Å². The fraction of sp³-hybridized carbons (Fsp3) is 0.250. The Bertz CT molecular complexity index is 617. The summed E-state index contributed by atoms with van der Waals surface area (Å²) in [7, 11) is 0. The Kier molecular flexibility index (Phi) is 3.73. The average molecular weight is 284 g/mol. The van der Waals surface area contributed by atoms with Crippen LogP contribution in [0.4, 0.5) is 11.4 Å². The zero-order valence-electron chi connectivity index (χ0n) is 11.6. The molecule has 1 heterocycles. The molecule has 5 nitrogen and oxygen atoms in total. The highest BCUT2D eigenvalue weighted by Crippen LogP contribution is 2.27. The Balaban J connectivity index is 1.68. The highest BCUT2D eigenvalue weighted by molar-refractivity contribution is 5.50. The lowest BCUT2D eigenvalue weighted by atomic mass is 10.2. The molecular formula is C16H16N2O3. The topological polar surface area (TPSA) is 55.6 Å². The van der Waals surface area contributed by atoms with Gasteiger partial charge in [-0.3, -0.25) is 10.1 Å². The summed E-state index contributed by atoms with van der Waals surface area (Å²) in [5, 5.41) is 10.6. The van der Waals surface area contributed by atoms with Crippen LogP contribution in [0, 0.1) is 10.1 Å². The van der Waals surface area contributed by atoms with E-state index in [1.54, 1.807) is 12.1 Å². The van der Waals surface area contributed by atoms with Gasteiger partial charge in [0.2, 0.25) is 0 Å². The minimum atomic E-state index is -0.422. The van der Waals surface area contributed by atoms with Crippen molar-refractivity contribution in [3.05, 3.63) is 58.6 Å². The minimum absolute atomic E-state index is 0.0618. The van der Waals surface area contributed by atoms with Crippen LogP contribution in [0.15, 0.2) is 48.5 Å². The van der Waals surface area contributed by atoms with Crippen LogP contribution in [0.25, 0.3) is 0 Å². The molecule has 21 heavy (non-hydrogen) atoms. The zero-order valence-corrected chi connectivity index (χ0v) is 11.6. The normalized spacial score (nSPS) is 14.2. The van der Waals surface area contributed by atoms with Crippen LogP contribution >= 0.6 is 0 Å². The summed E-state index contributed by atoms with van der Waals surface area (Å²) in [6.45, 7) is 2.23. The van der Waals surface area contributed by atoms with Gasteiger partial charge in [0.1, 0.15) is 11.5 Å². The molecule has 1 aliphatic heterocycles. The molecule has 0 bridgehead atoms. The van der Waals surface area contributed by atoms with Gasteiger partial charge in [-0.15, -0.1) is 0 Å². The van der Waals surface area contributed by atoms with E-state index in [0.29, 0.717) is 5.75 Å². The van der Waals surface area contributed by atoms with Crippen molar-refractivity contribution < 1.29 is 9.66 Å². The van der Waals surface area contributed by atoms with Crippen molar-refractivity contribution in [1.29, 1.82) is 0 Å². The predicted octanol–water partition coefficient (Wildman–Crippen LogP) is 3.99. The molecule has 5 heteroatoms. The molecule has 2 aromatic carbocycles. The first kappa shape index (κ1) is 13.4. The van der Waals surface area contributed by atoms with Gasteiger partial charge >= 0.3 is 0 Å². The Morgan fingerprint density at radius 2 is 1.43 bits per heavy atom. The Labute approximate surface area is 122 Å². The largest absolute Gasteiger partial charge is 0.457 e. The molecule has 1 saturated heterocycles. The lowest BCUT2D eigenvalue weighted by Gasteiger charge is -2.17. The SMILES string of the molecule is O=[N+]([O-])c1ccc(Oc2ccc(N3CCCC3)cc2)cc1. The zero-order chi connectivity index (χ0) is 14.7. The first-order chi connectivity index (χ1) is 10.2. The van der Waals surface area contributed by atoms with Crippen LogP contribution in [0.2, 0.25) is 0 Å². The third-order valence-electron chi connectivity index (χ3n) is 3.59. The summed E-state index contributed by atoms with van der Waals surface area (Å²) in [6, 6.07) is 14.0. The number of benzene rings is 2. The molecule has 0 unspecified atom stereocenters. The number of anilines is 1. The van der Waals surface area contributed by atoms with E-state index in [1.807, 2.05) is 24.3 Å². The van der Waals surface area contributed by atoms with E-state index < -0.39 is 4.92 Å². The van der Waals surface area contributed by atoms with E-state index in [9.17, 15) is 10.1 Å². The quantitative estimate of drug-likeness (QED) is 0.629. The Hall–Kier alpha value is -2.56. The summed E-state index contributed by atoms with van der Waals surface area (Å²) >= 11 is 0. The molecular weight excluding hydrogens is 268 g/mol.